The number of piperidine rings is 1. The molecule has 0 aliphatic carbocycles. The van der Waals surface area contributed by atoms with Crippen LogP contribution in [-0.2, 0) is 27.4 Å². The number of methoxy groups -OCH3 is 1. The number of amides is 3. The minimum Gasteiger partial charge on any atom is -0.380 e. The Bertz CT molecular complexity index is 796. The number of benzene rings is 1. The van der Waals surface area contributed by atoms with Gasteiger partial charge in [0.2, 0.25) is 11.8 Å². The van der Waals surface area contributed by atoms with Crippen molar-refractivity contribution in [2.75, 3.05) is 20.2 Å². The number of rotatable bonds is 6. The lowest BCUT2D eigenvalue weighted by atomic mass is 10.0. The van der Waals surface area contributed by atoms with E-state index in [1.807, 2.05) is 18.2 Å². The number of carbonyl (C=O) groups excluding carboxylic acids is 3. The van der Waals surface area contributed by atoms with Crippen molar-refractivity contribution in [2.24, 2.45) is 0 Å². The first-order chi connectivity index (χ1) is 13.5. The fourth-order valence-corrected chi connectivity index (χ4v) is 4.25. The smallest absolute Gasteiger partial charge is 0.255 e. The van der Waals surface area contributed by atoms with Gasteiger partial charge in [-0.05, 0) is 30.0 Å². The average Bonchev–Trinajstić information content (AvgIpc) is 3.26. The lowest BCUT2D eigenvalue weighted by Crippen LogP contribution is -2.52. The molecule has 8 nitrogen and oxygen atoms in total. The zero-order valence-corrected chi connectivity index (χ0v) is 16.0. The van der Waals surface area contributed by atoms with E-state index in [0.29, 0.717) is 24.6 Å². The summed E-state index contributed by atoms with van der Waals surface area (Å²) in [7, 11) is 1.74. The fourth-order valence-electron chi connectivity index (χ4n) is 4.25. The summed E-state index contributed by atoms with van der Waals surface area (Å²) in [5.41, 5.74) is 2.69. The van der Waals surface area contributed by atoms with E-state index in [1.54, 1.807) is 12.0 Å². The van der Waals surface area contributed by atoms with Crippen molar-refractivity contribution in [3.63, 3.8) is 0 Å². The molecular weight excluding hydrogens is 360 g/mol. The van der Waals surface area contributed by atoms with Gasteiger partial charge in [-0.3, -0.25) is 19.7 Å². The minimum absolute atomic E-state index is 0.134. The van der Waals surface area contributed by atoms with Crippen LogP contribution in [0.3, 0.4) is 0 Å². The first-order valence-corrected chi connectivity index (χ1v) is 9.78. The zero-order valence-electron chi connectivity index (χ0n) is 16.0. The van der Waals surface area contributed by atoms with E-state index in [0.717, 1.165) is 37.2 Å². The zero-order chi connectivity index (χ0) is 19.7. The molecule has 3 amide bonds. The van der Waals surface area contributed by atoms with Gasteiger partial charge in [0.1, 0.15) is 6.04 Å². The van der Waals surface area contributed by atoms with Crippen molar-refractivity contribution < 1.29 is 19.1 Å². The monoisotopic (exact) mass is 386 g/mol. The Balaban J connectivity index is 1.35. The molecule has 150 valence electrons. The lowest BCUT2D eigenvalue weighted by Gasteiger charge is -2.29. The molecule has 0 bridgehead atoms. The first-order valence-electron chi connectivity index (χ1n) is 9.78. The van der Waals surface area contributed by atoms with E-state index in [2.05, 4.69) is 16.0 Å². The van der Waals surface area contributed by atoms with Crippen LogP contribution in [0.1, 0.15) is 40.7 Å². The van der Waals surface area contributed by atoms with E-state index in [9.17, 15) is 14.4 Å². The van der Waals surface area contributed by atoms with Crippen LogP contribution < -0.4 is 16.0 Å². The summed E-state index contributed by atoms with van der Waals surface area (Å²) in [6, 6.07) is 5.67. The molecule has 0 aromatic heterocycles. The molecule has 1 aromatic carbocycles. The Hall–Kier alpha value is -2.29. The van der Waals surface area contributed by atoms with Crippen LogP contribution in [0, 0.1) is 0 Å². The molecule has 3 N–H and O–H groups in total. The highest BCUT2D eigenvalue weighted by Gasteiger charge is 2.39. The second-order valence-corrected chi connectivity index (χ2v) is 7.72. The topological polar surface area (TPSA) is 99.8 Å². The number of hydrogen-bond acceptors (Lipinski definition) is 6. The average molecular weight is 386 g/mol. The highest BCUT2D eigenvalue weighted by Crippen LogP contribution is 2.28. The van der Waals surface area contributed by atoms with Crippen molar-refractivity contribution in [1.82, 2.24) is 20.9 Å². The molecular formula is C20H26N4O4. The summed E-state index contributed by atoms with van der Waals surface area (Å²) < 4.78 is 5.37. The maximum absolute atomic E-state index is 12.7. The van der Waals surface area contributed by atoms with Crippen molar-refractivity contribution >= 4 is 17.7 Å². The van der Waals surface area contributed by atoms with Crippen molar-refractivity contribution in [3.05, 3.63) is 34.9 Å². The van der Waals surface area contributed by atoms with E-state index in [-0.39, 0.29) is 30.2 Å². The SMILES string of the molecule is COC1CNC(CNCc2ccc3c(c2)CN(C2CCC(=O)NC2=O)C3=O)C1. The third kappa shape index (κ3) is 3.80. The minimum atomic E-state index is -0.568. The Morgan fingerprint density at radius 3 is 2.89 bits per heavy atom. The molecule has 1 aromatic rings. The van der Waals surface area contributed by atoms with Crippen molar-refractivity contribution in [2.45, 2.75) is 50.5 Å². The largest absolute Gasteiger partial charge is 0.380 e. The van der Waals surface area contributed by atoms with Crippen LogP contribution >= 0.6 is 0 Å². The Morgan fingerprint density at radius 1 is 1.29 bits per heavy atom. The molecule has 28 heavy (non-hydrogen) atoms. The summed E-state index contributed by atoms with van der Waals surface area (Å²) in [4.78, 5) is 37.8. The molecule has 3 atom stereocenters. The molecule has 0 radical (unpaired) electrons. The molecule has 4 rings (SSSR count). The van der Waals surface area contributed by atoms with Gasteiger partial charge in [0.25, 0.3) is 5.91 Å². The summed E-state index contributed by atoms with van der Waals surface area (Å²) in [5.74, 6) is -0.783. The summed E-state index contributed by atoms with van der Waals surface area (Å²) in [6.45, 7) is 2.88. The van der Waals surface area contributed by atoms with E-state index >= 15 is 0 Å². The van der Waals surface area contributed by atoms with Gasteiger partial charge in [-0.2, -0.15) is 0 Å². The standard InChI is InChI=1S/C20H26N4O4/c1-28-15-7-14(22-10-15)9-21-8-12-2-3-16-13(6-12)11-24(20(16)27)17-4-5-18(25)23-19(17)26/h2-3,6,14-15,17,21-22H,4-5,7-11H2,1H3,(H,23,25,26). The highest BCUT2D eigenvalue weighted by molar-refractivity contribution is 6.05. The van der Waals surface area contributed by atoms with Gasteiger partial charge in [0.15, 0.2) is 0 Å². The Labute approximate surface area is 164 Å². The van der Waals surface area contributed by atoms with Crippen molar-refractivity contribution in [3.8, 4) is 0 Å². The van der Waals surface area contributed by atoms with E-state index in [4.69, 9.17) is 4.74 Å². The number of nitrogens with one attached hydrogen (secondary N) is 3. The third-order valence-electron chi connectivity index (χ3n) is 5.82. The second-order valence-electron chi connectivity index (χ2n) is 7.72. The van der Waals surface area contributed by atoms with E-state index in [1.165, 1.54) is 0 Å². The Morgan fingerprint density at radius 2 is 2.14 bits per heavy atom. The summed E-state index contributed by atoms with van der Waals surface area (Å²) in [6.07, 6.45) is 1.94. The normalized spacial score (nSPS) is 27.2. The van der Waals surface area contributed by atoms with Crippen molar-refractivity contribution in [1.29, 1.82) is 0 Å². The molecule has 0 saturated carbocycles. The molecule has 0 spiro atoms. The van der Waals surface area contributed by atoms with Crippen LogP contribution in [0.5, 0.6) is 0 Å². The van der Waals surface area contributed by atoms with Gasteiger partial charge in [-0.1, -0.05) is 12.1 Å². The van der Waals surface area contributed by atoms with Crippen LogP contribution in [0.4, 0.5) is 0 Å². The maximum Gasteiger partial charge on any atom is 0.255 e. The predicted octanol–water partition coefficient (Wildman–Crippen LogP) is -0.0859. The molecule has 8 heteroatoms. The first kappa shape index (κ1) is 19.0. The fraction of sp³-hybridized carbons (Fsp3) is 0.550. The third-order valence-corrected chi connectivity index (χ3v) is 5.82. The highest BCUT2D eigenvalue weighted by atomic mass is 16.5. The van der Waals surface area contributed by atoms with Crippen LogP contribution in [0.25, 0.3) is 0 Å². The van der Waals surface area contributed by atoms with E-state index < -0.39 is 6.04 Å². The van der Waals surface area contributed by atoms with Crippen LogP contribution in [0.15, 0.2) is 18.2 Å². The molecule has 3 aliphatic heterocycles. The van der Waals surface area contributed by atoms with Gasteiger partial charge in [-0.25, -0.2) is 0 Å². The molecule has 2 saturated heterocycles. The van der Waals surface area contributed by atoms with Gasteiger partial charge in [-0.15, -0.1) is 0 Å². The second kappa shape index (κ2) is 7.98. The lowest BCUT2D eigenvalue weighted by molar-refractivity contribution is -0.136. The number of nitrogens with zero attached hydrogens (tertiary/aromatic N) is 1. The number of carbonyl (C=O) groups is 3. The van der Waals surface area contributed by atoms with Crippen LogP contribution in [0.2, 0.25) is 0 Å². The quantitative estimate of drug-likeness (QED) is 0.591. The molecule has 3 aliphatic rings. The number of imide groups is 1. The number of ether oxygens (including phenoxy) is 1. The predicted molar refractivity (Wildman–Crippen MR) is 101 cm³/mol. The van der Waals surface area contributed by atoms with Crippen LogP contribution in [-0.4, -0.2) is 61.0 Å². The number of fused-ring (bicyclic) bond motifs is 1. The van der Waals surface area contributed by atoms with Gasteiger partial charge >= 0.3 is 0 Å². The molecule has 2 fully saturated rings. The van der Waals surface area contributed by atoms with Gasteiger partial charge in [0.05, 0.1) is 6.10 Å². The van der Waals surface area contributed by atoms with Gasteiger partial charge in [0, 0.05) is 51.3 Å². The number of hydrogen-bond donors (Lipinski definition) is 3. The summed E-state index contributed by atoms with van der Waals surface area (Å²) in [5, 5.41) is 9.23. The Kier molecular flexibility index (Phi) is 5.43. The molecule has 3 heterocycles. The maximum atomic E-state index is 12.7. The van der Waals surface area contributed by atoms with Gasteiger partial charge < -0.3 is 20.3 Å². The molecule has 3 unspecified atom stereocenters. The summed E-state index contributed by atoms with van der Waals surface area (Å²) >= 11 is 0.